The van der Waals surface area contributed by atoms with Crippen molar-refractivity contribution in [3.8, 4) is 11.5 Å². The largest absolute Gasteiger partial charge is 0.411 e. The Balaban J connectivity index is 1.63. The van der Waals surface area contributed by atoms with Crippen LogP contribution in [0.5, 0.6) is 0 Å². The van der Waals surface area contributed by atoms with Crippen LogP contribution in [0.3, 0.4) is 0 Å². The fourth-order valence-corrected chi connectivity index (χ4v) is 3.64. The van der Waals surface area contributed by atoms with Crippen molar-refractivity contribution >= 4 is 23.6 Å². The molecule has 0 aliphatic carbocycles. The molecule has 1 aromatic carbocycles. The lowest BCUT2D eigenvalue weighted by atomic mass is 10.0. The summed E-state index contributed by atoms with van der Waals surface area (Å²) in [5.74, 6) is -0.0171. The van der Waals surface area contributed by atoms with Crippen molar-refractivity contribution < 1.29 is 14.0 Å². The number of hydrogen-bond acceptors (Lipinski definition) is 6. The molecule has 1 aromatic heterocycles. The molecule has 0 unspecified atom stereocenters. The Morgan fingerprint density at radius 3 is 2.81 bits per heavy atom. The number of nitrogens with two attached hydrogens (primary N) is 1. The van der Waals surface area contributed by atoms with Gasteiger partial charge in [-0.25, -0.2) is 0 Å². The van der Waals surface area contributed by atoms with Crippen LogP contribution in [0.15, 0.2) is 27.8 Å². The van der Waals surface area contributed by atoms with Gasteiger partial charge in [0.15, 0.2) is 0 Å². The molecule has 1 fully saturated rings. The number of amides is 2. The van der Waals surface area contributed by atoms with Crippen molar-refractivity contribution in [1.29, 1.82) is 0 Å². The average Bonchev–Trinajstić information content (AvgIpc) is 3.11. The molecule has 0 spiro atoms. The normalized spacial score (nSPS) is 17.3. The van der Waals surface area contributed by atoms with Crippen LogP contribution in [0.1, 0.15) is 30.4 Å². The summed E-state index contributed by atoms with van der Waals surface area (Å²) < 4.78 is 5.65. The predicted molar refractivity (Wildman–Crippen MR) is 98.5 cm³/mol. The Bertz CT molecular complexity index is 821. The second-order valence-electron chi connectivity index (χ2n) is 6.46. The lowest BCUT2D eigenvalue weighted by molar-refractivity contribution is -0.138. The molecule has 0 radical (unpaired) electrons. The van der Waals surface area contributed by atoms with Gasteiger partial charge in [0.05, 0.1) is 5.75 Å². The van der Waals surface area contributed by atoms with E-state index >= 15 is 0 Å². The van der Waals surface area contributed by atoms with Gasteiger partial charge in [0.25, 0.3) is 5.22 Å². The molecule has 2 N–H and O–H groups in total. The van der Waals surface area contributed by atoms with Crippen molar-refractivity contribution in [1.82, 2.24) is 15.1 Å². The number of aromatic nitrogens is 2. The topological polar surface area (TPSA) is 102 Å². The van der Waals surface area contributed by atoms with Crippen LogP contribution in [0, 0.1) is 13.8 Å². The van der Waals surface area contributed by atoms with Crippen LogP contribution in [-0.4, -0.2) is 45.3 Å². The van der Waals surface area contributed by atoms with Crippen LogP contribution in [-0.2, 0) is 9.59 Å². The maximum atomic E-state index is 12.5. The molecule has 8 heteroatoms. The zero-order valence-electron chi connectivity index (χ0n) is 14.9. The molecule has 26 heavy (non-hydrogen) atoms. The highest BCUT2D eigenvalue weighted by molar-refractivity contribution is 7.99. The number of hydrogen-bond donors (Lipinski definition) is 1. The second-order valence-corrected chi connectivity index (χ2v) is 7.39. The summed E-state index contributed by atoms with van der Waals surface area (Å²) in [6.07, 6.45) is 2.43. The molecular weight excluding hydrogens is 352 g/mol. The number of aryl methyl sites for hydroxylation is 2. The van der Waals surface area contributed by atoms with E-state index in [2.05, 4.69) is 10.2 Å². The number of thioether (sulfide) groups is 1. The number of rotatable bonds is 5. The van der Waals surface area contributed by atoms with Crippen molar-refractivity contribution in [2.24, 2.45) is 5.73 Å². The molecule has 0 saturated carbocycles. The molecule has 2 heterocycles. The zero-order chi connectivity index (χ0) is 18.7. The first kappa shape index (κ1) is 18.4. The van der Waals surface area contributed by atoms with Gasteiger partial charge in [-0.15, -0.1) is 10.2 Å². The standard InChI is InChI=1S/C18H22N4O3S/c1-11-6-7-13(9-12(11)2)17-20-21-18(25-17)26-10-15(23)22-8-4-3-5-14(22)16(19)24/h6-7,9,14H,3-5,8,10H2,1-2H3,(H2,19,24)/t14-/m0/s1. The van der Waals surface area contributed by atoms with Crippen molar-refractivity contribution in [2.75, 3.05) is 12.3 Å². The minimum atomic E-state index is -0.509. The highest BCUT2D eigenvalue weighted by Gasteiger charge is 2.30. The smallest absolute Gasteiger partial charge is 0.277 e. The first-order chi connectivity index (χ1) is 12.5. The summed E-state index contributed by atoms with van der Waals surface area (Å²) in [4.78, 5) is 25.6. The SMILES string of the molecule is Cc1ccc(-c2nnc(SCC(=O)N3CCCC[C@H]3C(N)=O)o2)cc1C. The van der Waals surface area contributed by atoms with E-state index in [1.807, 2.05) is 32.0 Å². The van der Waals surface area contributed by atoms with Gasteiger partial charge in [-0.2, -0.15) is 0 Å². The minimum Gasteiger partial charge on any atom is -0.411 e. The van der Waals surface area contributed by atoms with Gasteiger partial charge in [0, 0.05) is 12.1 Å². The number of carbonyl (C=O) groups is 2. The first-order valence-electron chi connectivity index (χ1n) is 8.58. The van der Waals surface area contributed by atoms with Gasteiger partial charge >= 0.3 is 0 Å². The van der Waals surface area contributed by atoms with E-state index in [1.54, 1.807) is 4.90 Å². The van der Waals surface area contributed by atoms with E-state index in [1.165, 1.54) is 17.3 Å². The molecule has 7 nitrogen and oxygen atoms in total. The second kappa shape index (κ2) is 7.90. The molecule has 1 aliphatic rings. The molecule has 1 aliphatic heterocycles. The Labute approximate surface area is 156 Å². The van der Waals surface area contributed by atoms with E-state index in [0.717, 1.165) is 24.0 Å². The monoisotopic (exact) mass is 374 g/mol. The summed E-state index contributed by atoms with van der Waals surface area (Å²) in [5, 5.41) is 8.39. The zero-order valence-corrected chi connectivity index (χ0v) is 15.7. The van der Waals surface area contributed by atoms with Gasteiger partial charge < -0.3 is 15.1 Å². The maximum absolute atomic E-state index is 12.5. The van der Waals surface area contributed by atoms with E-state index < -0.39 is 11.9 Å². The fourth-order valence-electron chi connectivity index (χ4n) is 2.99. The maximum Gasteiger partial charge on any atom is 0.277 e. The molecule has 2 aromatic rings. The molecule has 1 atom stereocenters. The van der Waals surface area contributed by atoms with E-state index in [-0.39, 0.29) is 11.7 Å². The quantitative estimate of drug-likeness (QED) is 0.806. The van der Waals surface area contributed by atoms with Gasteiger partial charge in [0.2, 0.25) is 17.7 Å². The van der Waals surface area contributed by atoms with Crippen molar-refractivity contribution in [3.05, 3.63) is 29.3 Å². The van der Waals surface area contributed by atoms with Gasteiger partial charge in [-0.3, -0.25) is 9.59 Å². The Morgan fingerprint density at radius 1 is 1.27 bits per heavy atom. The highest BCUT2D eigenvalue weighted by atomic mass is 32.2. The first-order valence-corrected chi connectivity index (χ1v) is 9.57. The van der Waals surface area contributed by atoms with Gasteiger partial charge in [-0.05, 0) is 56.4 Å². The average molecular weight is 374 g/mol. The number of piperidine rings is 1. The lowest BCUT2D eigenvalue weighted by Crippen LogP contribution is -2.51. The van der Waals surface area contributed by atoms with Crippen LogP contribution in [0.25, 0.3) is 11.5 Å². The number of primary amides is 1. The van der Waals surface area contributed by atoms with Crippen molar-refractivity contribution in [3.63, 3.8) is 0 Å². The predicted octanol–water partition coefficient (Wildman–Crippen LogP) is 2.31. The van der Waals surface area contributed by atoms with Crippen LogP contribution in [0.2, 0.25) is 0 Å². The third-order valence-electron chi connectivity index (χ3n) is 4.63. The summed E-state index contributed by atoms with van der Waals surface area (Å²) in [6, 6.07) is 5.42. The number of carbonyl (C=O) groups excluding carboxylic acids is 2. The summed E-state index contributed by atoms with van der Waals surface area (Å²) >= 11 is 1.18. The van der Waals surface area contributed by atoms with Crippen LogP contribution < -0.4 is 5.73 Å². The van der Waals surface area contributed by atoms with Crippen LogP contribution in [0.4, 0.5) is 0 Å². The van der Waals surface area contributed by atoms with E-state index in [0.29, 0.717) is 24.1 Å². The fraction of sp³-hybridized carbons (Fsp3) is 0.444. The summed E-state index contributed by atoms with van der Waals surface area (Å²) in [6.45, 7) is 4.63. The number of likely N-dealkylation sites (tertiary alicyclic amines) is 1. The van der Waals surface area contributed by atoms with E-state index in [9.17, 15) is 9.59 Å². The Hall–Kier alpha value is -2.35. The molecule has 3 rings (SSSR count). The molecule has 0 bridgehead atoms. The summed E-state index contributed by atoms with van der Waals surface area (Å²) in [5.41, 5.74) is 8.60. The minimum absolute atomic E-state index is 0.135. The molecule has 1 saturated heterocycles. The number of benzene rings is 1. The highest BCUT2D eigenvalue weighted by Crippen LogP contribution is 2.26. The summed E-state index contributed by atoms with van der Waals surface area (Å²) in [7, 11) is 0. The van der Waals surface area contributed by atoms with Crippen molar-refractivity contribution in [2.45, 2.75) is 44.4 Å². The Morgan fingerprint density at radius 2 is 2.08 bits per heavy atom. The third kappa shape index (κ3) is 4.07. The van der Waals surface area contributed by atoms with E-state index in [4.69, 9.17) is 10.2 Å². The van der Waals surface area contributed by atoms with Gasteiger partial charge in [-0.1, -0.05) is 17.8 Å². The lowest BCUT2D eigenvalue weighted by Gasteiger charge is -2.33. The molecular formula is C18H22N4O3S. The third-order valence-corrected chi connectivity index (χ3v) is 5.43. The van der Waals surface area contributed by atoms with Gasteiger partial charge in [0.1, 0.15) is 6.04 Å². The number of nitrogens with zero attached hydrogens (tertiary/aromatic N) is 3. The molecule has 2 amide bonds. The molecule has 138 valence electrons. The van der Waals surface area contributed by atoms with Crippen LogP contribution >= 0.6 is 11.8 Å². The Kier molecular flexibility index (Phi) is 5.61.